The van der Waals surface area contributed by atoms with Gasteiger partial charge in [-0.05, 0) is 18.6 Å². The van der Waals surface area contributed by atoms with Crippen LogP contribution in [0.15, 0.2) is 24.5 Å². The van der Waals surface area contributed by atoms with E-state index in [4.69, 9.17) is 5.11 Å². The van der Waals surface area contributed by atoms with Crippen LogP contribution in [0.3, 0.4) is 0 Å². The topological polar surface area (TPSA) is 80.0 Å². The smallest absolute Gasteiger partial charge is 0.261 e. The summed E-state index contributed by atoms with van der Waals surface area (Å²) in [5.74, 6) is 5.66. The van der Waals surface area contributed by atoms with E-state index >= 15 is 0 Å². The van der Waals surface area contributed by atoms with Crippen molar-refractivity contribution in [3.63, 3.8) is 0 Å². The van der Waals surface area contributed by atoms with Crippen LogP contribution in [-0.2, 0) is 6.54 Å². The predicted molar refractivity (Wildman–Crippen MR) is 79.9 cm³/mol. The summed E-state index contributed by atoms with van der Waals surface area (Å²) >= 11 is 1.35. The van der Waals surface area contributed by atoms with Gasteiger partial charge >= 0.3 is 0 Å². The van der Waals surface area contributed by atoms with E-state index in [0.717, 1.165) is 17.8 Å². The minimum Gasteiger partial charge on any atom is -0.395 e. The molecule has 0 saturated carbocycles. The number of aromatic nitrogens is 3. The molecule has 2 heterocycles. The summed E-state index contributed by atoms with van der Waals surface area (Å²) in [5, 5.41) is 19.1. The SMILES string of the molecule is O=C(NCCCn1ccnn1)c1ccc(C#CCCO)s1. The highest BCUT2D eigenvalue weighted by Gasteiger charge is 2.07. The van der Waals surface area contributed by atoms with Gasteiger partial charge < -0.3 is 10.4 Å². The van der Waals surface area contributed by atoms with E-state index < -0.39 is 0 Å². The van der Waals surface area contributed by atoms with Gasteiger partial charge in [0.25, 0.3) is 5.91 Å². The van der Waals surface area contributed by atoms with E-state index in [1.54, 1.807) is 23.1 Å². The summed E-state index contributed by atoms with van der Waals surface area (Å²) in [6.07, 6.45) is 4.66. The number of hydrogen-bond donors (Lipinski definition) is 2. The highest BCUT2D eigenvalue weighted by Crippen LogP contribution is 2.15. The van der Waals surface area contributed by atoms with Gasteiger partial charge in [-0.3, -0.25) is 9.48 Å². The lowest BCUT2D eigenvalue weighted by molar-refractivity contribution is 0.0956. The van der Waals surface area contributed by atoms with E-state index in [9.17, 15) is 4.79 Å². The molecule has 0 saturated heterocycles. The Labute approximate surface area is 126 Å². The van der Waals surface area contributed by atoms with Crippen LogP contribution in [0.1, 0.15) is 27.4 Å². The van der Waals surface area contributed by atoms with Crippen molar-refractivity contribution in [2.45, 2.75) is 19.4 Å². The van der Waals surface area contributed by atoms with Crippen molar-refractivity contribution < 1.29 is 9.90 Å². The largest absolute Gasteiger partial charge is 0.395 e. The number of carbonyl (C=O) groups is 1. The van der Waals surface area contributed by atoms with Crippen molar-refractivity contribution in [2.75, 3.05) is 13.2 Å². The fourth-order valence-electron chi connectivity index (χ4n) is 1.61. The van der Waals surface area contributed by atoms with E-state index in [-0.39, 0.29) is 12.5 Å². The molecule has 0 aliphatic carbocycles. The number of carbonyl (C=O) groups excluding carboxylic acids is 1. The third-order valence-electron chi connectivity index (χ3n) is 2.60. The lowest BCUT2D eigenvalue weighted by atomic mass is 10.3. The van der Waals surface area contributed by atoms with Gasteiger partial charge in [0.1, 0.15) is 0 Å². The van der Waals surface area contributed by atoms with Crippen molar-refractivity contribution in [3.05, 3.63) is 34.3 Å². The number of aliphatic hydroxyl groups excluding tert-OH is 1. The Morgan fingerprint density at radius 2 is 2.38 bits per heavy atom. The number of amides is 1. The predicted octanol–water partition coefficient (Wildman–Crippen LogP) is 0.894. The fourth-order valence-corrected chi connectivity index (χ4v) is 2.41. The Hall–Kier alpha value is -2.17. The van der Waals surface area contributed by atoms with Crippen LogP contribution >= 0.6 is 11.3 Å². The second-order valence-corrected chi connectivity index (χ2v) is 5.30. The maximum absolute atomic E-state index is 11.9. The Balaban J connectivity index is 1.74. The van der Waals surface area contributed by atoms with Gasteiger partial charge in [-0.15, -0.1) is 16.4 Å². The van der Waals surface area contributed by atoms with Gasteiger partial charge in [0, 0.05) is 25.7 Å². The molecule has 0 aromatic carbocycles. The van der Waals surface area contributed by atoms with Gasteiger partial charge in [-0.1, -0.05) is 17.1 Å². The van der Waals surface area contributed by atoms with Crippen LogP contribution in [0.25, 0.3) is 0 Å². The van der Waals surface area contributed by atoms with Gasteiger partial charge in [-0.25, -0.2) is 0 Å². The standard InChI is InChI=1S/C14H16N4O2S/c19-11-2-1-4-12-5-6-13(21-12)14(20)15-7-3-9-18-10-8-16-17-18/h5-6,8,10,19H,2-3,7,9,11H2,(H,15,20). The molecule has 0 atom stereocenters. The van der Waals surface area contributed by atoms with Crippen molar-refractivity contribution in [1.29, 1.82) is 0 Å². The summed E-state index contributed by atoms with van der Waals surface area (Å²) < 4.78 is 1.73. The quantitative estimate of drug-likeness (QED) is 0.613. The Kier molecular flexibility index (Phi) is 5.94. The van der Waals surface area contributed by atoms with Gasteiger partial charge in [0.2, 0.25) is 0 Å². The van der Waals surface area contributed by atoms with E-state index in [1.165, 1.54) is 11.3 Å². The molecule has 0 radical (unpaired) electrons. The molecule has 0 unspecified atom stereocenters. The van der Waals surface area contributed by atoms with Gasteiger partial charge in [0.05, 0.1) is 22.6 Å². The van der Waals surface area contributed by atoms with Crippen LogP contribution in [0.5, 0.6) is 0 Å². The molecule has 21 heavy (non-hydrogen) atoms. The molecule has 0 fully saturated rings. The molecule has 2 aromatic rings. The second-order valence-electron chi connectivity index (χ2n) is 4.21. The third-order valence-corrected chi connectivity index (χ3v) is 3.60. The molecule has 1 amide bonds. The first-order chi connectivity index (χ1) is 10.3. The van der Waals surface area contributed by atoms with Crippen LogP contribution in [0.4, 0.5) is 0 Å². The second kappa shape index (κ2) is 8.19. The molecular formula is C14H16N4O2S. The lowest BCUT2D eigenvalue weighted by Gasteiger charge is -2.03. The van der Waals surface area contributed by atoms with Crippen molar-refractivity contribution in [2.24, 2.45) is 0 Å². The summed E-state index contributed by atoms with van der Waals surface area (Å²) in [7, 11) is 0. The average molecular weight is 304 g/mol. The van der Waals surface area contributed by atoms with Crippen LogP contribution < -0.4 is 5.32 Å². The fraction of sp³-hybridized carbons (Fsp3) is 0.357. The Bertz CT molecular complexity index is 625. The first kappa shape index (κ1) is 15.2. The molecular weight excluding hydrogens is 288 g/mol. The molecule has 6 nitrogen and oxygen atoms in total. The first-order valence-corrected chi connectivity index (χ1v) is 7.43. The third kappa shape index (κ3) is 5.02. The minimum atomic E-state index is -0.0891. The number of rotatable bonds is 6. The molecule has 2 aromatic heterocycles. The summed E-state index contributed by atoms with van der Waals surface area (Å²) in [5.41, 5.74) is 0. The van der Waals surface area contributed by atoms with E-state index in [0.29, 0.717) is 17.8 Å². The molecule has 0 aliphatic rings. The summed E-state index contributed by atoms with van der Waals surface area (Å²) in [6.45, 7) is 1.36. The number of aliphatic hydroxyl groups is 1. The minimum absolute atomic E-state index is 0.0531. The van der Waals surface area contributed by atoms with Crippen molar-refractivity contribution in [1.82, 2.24) is 20.3 Å². The van der Waals surface area contributed by atoms with Gasteiger partial charge in [-0.2, -0.15) is 0 Å². The van der Waals surface area contributed by atoms with E-state index in [2.05, 4.69) is 27.5 Å². The monoisotopic (exact) mass is 304 g/mol. The number of nitrogens with zero attached hydrogens (tertiary/aromatic N) is 3. The van der Waals surface area contributed by atoms with Crippen molar-refractivity contribution in [3.8, 4) is 11.8 Å². The van der Waals surface area contributed by atoms with Gasteiger partial charge in [0.15, 0.2) is 0 Å². The maximum atomic E-state index is 11.9. The summed E-state index contributed by atoms with van der Waals surface area (Å²) in [4.78, 5) is 13.4. The normalized spacial score (nSPS) is 9.95. The number of nitrogens with one attached hydrogen (secondary N) is 1. The molecule has 0 bridgehead atoms. The molecule has 2 N–H and O–H groups in total. The maximum Gasteiger partial charge on any atom is 0.261 e. The van der Waals surface area contributed by atoms with Crippen LogP contribution in [0.2, 0.25) is 0 Å². The molecule has 0 spiro atoms. The Morgan fingerprint density at radius 1 is 1.48 bits per heavy atom. The number of thiophene rings is 1. The van der Waals surface area contributed by atoms with E-state index in [1.807, 2.05) is 6.07 Å². The first-order valence-electron chi connectivity index (χ1n) is 6.61. The average Bonchev–Trinajstić information content (AvgIpc) is 3.15. The highest BCUT2D eigenvalue weighted by atomic mass is 32.1. The zero-order chi connectivity index (χ0) is 14.9. The molecule has 2 rings (SSSR count). The lowest BCUT2D eigenvalue weighted by Crippen LogP contribution is -2.24. The molecule has 110 valence electrons. The highest BCUT2D eigenvalue weighted by molar-refractivity contribution is 7.14. The zero-order valence-corrected chi connectivity index (χ0v) is 12.3. The molecule has 0 aliphatic heterocycles. The summed E-state index contributed by atoms with van der Waals surface area (Å²) in [6, 6.07) is 3.58. The van der Waals surface area contributed by atoms with Crippen LogP contribution in [-0.4, -0.2) is 39.2 Å². The zero-order valence-electron chi connectivity index (χ0n) is 11.5. The number of hydrogen-bond acceptors (Lipinski definition) is 5. The van der Waals surface area contributed by atoms with Crippen molar-refractivity contribution >= 4 is 17.2 Å². The Morgan fingerprint density at radius 3 is 3.14 bits per heavy atom. The number of aryl methyl sites for hydroxylation is 1. The van der Waals surface area contributed by atoms with Crippen LogP contribution in [0, 0.1) is 11.8 Å². The molecule has 7 heteroatoms.